The van der Waals surface area contributed by atoms with Crippen molar-refractivity contribution >= 4 is 22.5 Å². The van der Waals surface area contributed by atoms with Crippen LogP contribution in [0.15, 0.2) is 46.9 Å². The van der Waals surface area contributed by atoms with Gasteiger partial charge in [-0.05, 0) is 66.6 Å². The Hall–Kier alpha value is -3.05. The number of rotatable bonds is 8. The molecule has 1 heterocycles. The van der Waals surface area contributed by atoms with E-state index in [1.54, 1.807) is 14.0 Å². The van der Waals surface area contributed by atoms with Gasteiger partial charge < -0.3 is 18.6 Å². The molecule has 3 aromatic rings. The lowest BCUT2D eigenvalue weighted by molar-refractivity contribution is -0.137. The van der Waals surface area contributed by atoms with Crippen LogP contribution in [0, 0.1) is 0 Å². The highest BCUT2D eigenvalue weighted by Crippen LogP contribution is 2.41. The van der Waals surface area contributed by atoms with Crippen LogP contribution < -0.4 is 4.74 Å². The first kappa shape index (κ1) is 24.6. The van der Waals surface area contributed by atoms with Gasteiger partial charge in [0.05, 0.1) is 6.61 Å². The fourth-order valence-electron chi connectivity index (χ4n) is 3.77. The molecule has 0 fully saturated rings. The largest absolute Gasteiger partial charge is 0.467 e. The van der Waals surface area contributed by atoms with Crippen LogP contribution in [0.5, 0.6) is 5.75 Å². The number of carbonyl (C=O) groups excluding carboxylic acids is 1. The summed E-state index contributed by atoms with van der Waals surface area (Å²) in [5.41, 5.74) is 5.85. The number of allylic oxidation sites excluding steroid dienone is 1. The van der Waals surface area contributed by atoms with E-state index in [0.29, 0.717) is 12.4 Å². The maximum atomic E-state index is 11.8. The number of ether oxygens (including phenoxy) is 3. The van der Waals surface area contributed by atoms with Crippen LogP contribution in [-0.2, 0) is 26.1 Å². The van der Waals surface area contributed by atoms with Crippen molar-refractivity contribution in [3.05, 3.63) is 59.4 Å². The standard InChI is InChI=1S/C28H34O5/c1-8-19-13-22(27(32-17-30-7)23(14-19)28(4,5)6)20-10-11-24-21(15-20)16-25(33-24)18(3)12-26(29)31-9-2/h10-16H,8-9,17H2,1-7H3/b18-12-. The van der Waals surface area contributed by atoms with Crippen molar-refractivity contribution in [3.8, 4) is 16.9 Å². The van der Waals surface area contributed by atoms with Crippen molar-refractivity contribution in [2.75, 3.05) is 20.5 Å². The summed E-state index contributed by atoms with van der Waals surface area (Å²) in [5, 5.41) is 0.955. The molecule has 0 aliphatic rings. The van der Waals surface area contributed by atoms with Crippen LogP contribution in [0.2, 0.25) is 0 Å². The first-order chi connectivity index (χ1) is 15.7. The molecule has 0 N–H and O–H groups in total. The summed E-state index contributed by atoms with van der Waals surface area (Å²) in [4.78, 5) is 11.8. The number of aryl methyl sites for hydroxylation is 1. The molecule has 2 aromatic carbocycles. The van der Waals surface area contributed by atoms with E-state index in [9.17, 15) is 4.79 Å². The van der Waals surface area contributed by atoms with Crippen LogP contribution in [0.25, 0.3) is 27.7 Å². The Balaban J connectivity index is 2.12. The second-order valence-electron chi connectivity index (χ2n) is 9.12. The van der Waals surface area contributed by atoms with Gasteiger partial charge in [-0.1, -0.05) is 39.8 Å². The normalized spacial score (nSPS) is 12.3. The van der Waals surface area contributed by atoms with Crippen LogP contribution in [0.4, 0.5) is 0 Å². The van der Waals surface area contributed by atoms with Crippen molar-refractivity contribution in [1.29, 1.82) is 0 Å². The summed E-state index contributed by atoms with van der Waals surface area (Å²) < 4.78 is 22.3. The summed E-state index contributed by atoms with van der Waals surface area (Å²) >= 11 is 0. The molecule has 0 aliphatic heterocycles. The van der Waals surface area contributed by atoms with Crippen molar-refractivity contribution in [3.63, 3.8) is 0 Å². The summed E-state index contributed by atoms with van der Waals surface area (Å²) in [6.45, 7) is 12.9. The molecule has 33 heavy (non-hydrogen) atoms. The molecule has 0 aliphatic carbocycles. The molecule has 0 amide bonds. The average Bonchev–Trinajstić information content (AvgIpc) is 3.20. The summed E-state index contributed by atoms with van der Waals surface area (Å²) in [6, 6.07) is 12.5. The Morgan fingerprint density at radius 3 is 2.48 bits per heavy atom. The fraction of sp³-hybridized carbons (Fsp3) is 0.393. The van der Waals surface area contributed by atoms with Gasteiger partial charge in [-0.3, -0.25) is 0 Å². The number of methoxy groups -OCH3 is 1. The lowest BCUT2D eigenvalue weighted by Gasteiger charge is -2.26. The third kappa shape index (κ3) is 5.66. The zero-order valence-electron chi connectivity index (χ0n) is 20.7. The molecule has 176 valence electrons. The van der Waals surface area contributed by atoms with Crippen LogP contribution in [0.1, 0.15) is 58.4 Å². The van der Waals surface area contributed by atoms with Gasteiger partial charge in [0.1, 0.15) is 17.1 Å². The highest BCUT2D eigenvalue weighted by Gasteiger charge is 2.24. The summed E-state index contributed by atoms with van der Waals surface area (Å²) in [7, 11) is 1.63. The highest BCUT2D eigenvalue weighted by molar-refractivity contribution is 5.93. The minimum absolute atomic E-state index is 0.0923. The number of carbonyl (C=O) groups is 1. The molecule has 0 unspecified atom stereocenters. The molecule has 0 atom stereocenters. The molecule has 3 rings (SSSR count). The second-order valence-corrected chi connectivity index (χ2v) is 9.12. The first-order valence-electron chi connectivity index (χ1n) is 11.4. The molecular weight excluding hydrogens is 416 g/mol. The zero-order chi connectivity index (χ0) is 24.2. The first-order valence-corrected chi connectivity index (χ1v) is 11.4. The second kappa shape index (κ2) is 10.3. The van der Waals surface area contributed by atoms with E-state index >= 15 is 0 Å². The highest BCUT2D eigenvalue weighted by atomic mass is 16.7. The Labute approximate surface area is 196 Å². The predicted molar refractivity (Wildman–Crippen MR) is 133 cm³/mol. The zero-order valence-corrected chi connectivity index (χ0v) is 20.7. The van der Waals surface area contributed by atoms with Crippen molar-refractivity contribution in [2.24, 2.45) is 0 Å². The minimum atomic E-state index is -0.373. The van der Waals surface area contributed by atoms with Crippen LogP contribution in [0.3, 0.4) is 0 Å². The Kier molecular flexibility index (Phi) is 7.65. The molecule has 5 nitrogen and oxygen atoms in total. The van der Waals surface area contributed by atoms with E-state index in [-0.39, 0.29) is 18.2 Å². The van der Waals surface area contributed by atoms with E-state index in [0.717, 1.165) is 45.4 Å². The van der Waals surface area contributed by atoms with Gasteiger partial charge in [0, 0.05) is 29.7 Å². The molecule has 1 aromatic heterocycles. The molecule has 0 saturated heterocycles. The summed E-state index contributed by atoms with van der Waals surface area (Å²) in [6.07, 6.45) is 2.38. The van der Waals surface area contributed by atoms with Gasteiger partial charge in [0.15, 0.2) is 6.79 Å². The molecule has 0 saturated carbocycles. The maximum absolute atomic E-state index is 11.8. The number of hydrogen-bond acceptors (Lipinski definition) is 5. The third-order valence-corrected chi connectivity index (χ3v) is 5.52. The van der Waals surface area contributed by atoms with E-state index in [4.69, 9.17) is 18.6 Å². The third-order valence-electron chi connectivity index (χ3n) is 5.52. The minimum Gasteiger partial charge on any atom is -0.467 e. The molecule has 5 heteroatoms. The van der Waals surface area contributed by atoms with Gasteiger partial charge in [0.2, 0.25) is 0 Å². The van der Waals surface area contributed by atoms with E-state index in [1.807, 2.05) is 25.1 Å². The van der Waals surface area contributed by atoms with Crippen LogP contribution >= 0.6 is 0 Å². The van der Waals surface area contributed by atoms with Crippen molar-refractivity contribution in [1.82, 2.24) is 0 Å². The fourth-order valence-corrected chi connectivity index (χ4v) is 3.77. The van der Waals surface area contributed by atoms with Crippen molar-refractivity contribution in [2.45, 2.75) is 53.4 Å². The van der Waals surface area contributed by atoms with Gasteiger partial charge >= 0.3 is 5.97 Å². The monoisotopic (exact) mass is 450 g/mol. The maximum Gasteiger partial charge on any atom is 0.331 e. The molecule has 0 bridgehead atoms. The number of hydrogen-bond donors (Lipinski definition) is 0. The molecular formula is C28H34O5. The van der Waals surface area contributed by atoms with Gasteiger partial charge in [-0.15, -0.1) is 0 Å². The summed E-state index contributed by atoms with van der Waals surface area (Å²) in [5.74, 6) is 1.11. The predicted octanol–water partition coefficient (Wildman–Crippen LogP) is 6.91. The van der Waals surface area contributed by atoms with E-state index < -0.39 is 0 Å². The van der Waals surface area contributed by atoms with Gasteiger partial charge in [-0.2, -0.15) is 0 Å². The number of fused-ring (bicyclic) bond motifs is 1. The van der Waals surface area contributed by atoms with Gasteiger partial charge in [-0.25, -0.2) is 4.79 Å². The average molecular weight is 451 g/mol. The Bertz CT molecular complexity index is 1160. The number of furan rings is 1. The van der Waals surface area contributed by atoms with E-state index in [1.165, 1.54) is 11.6 Å². The topological polar surface area (TPSA) is 57.9 Å². The van der Waals surface area contributed by atoms with E-state index in [2.05, 4.69) is 45.9 Å². The molecule has 0 radical (unpaired) electrons. The SMILES string of the molecule is CCOC(=O)/C=C(/C)c1cc2cc(-c3cc(CC)cc(C(C)(C)C)c3OCOC)ccc2o1. The lowest BCUT2D eigenvalue weighted by Crippen LogP contribution is -2.15. The van der Waals surface area contributed by atoms with Gasteiger partial charge in [0.25, 0.3) is 0 Å². The Morgan fingerprint density at radius 1 is 1.09 bits per heavy atom. The van der Waals surface area contributed by atoms with Crippen LogP contribution in [-0.4, -0.2) is 26.5 Å². The Morgan fingerprint density at radius 2 is 1.85 bits per heavy atom. The smallest absolute Gasteiger partial charge is 0.331 e. The van der Waals surface area contributed by atoms with Crippen molar-refractivity contribution < 1.29 is 23.4 Å². The lowest BCUT2D eigenvalue weighted by atomic mass is 9.82. The number of benzene rings is 2. The molecule has 0 spiro atoms. The number of esters is 1. The quantitative estimate of drug-likeness (QED) is 0.212.